The van der Waals surface area contributed by atoms with E-state index in [9.17, 15) is 14.7 Å². The molecule has 1 heterocycles. The van der Waals surface area contributed by atoms with Crippen LogP contribution in [0.3, 0.4) is 0 Å². The number of amides is 1. The largest absolute Gasteiger partial charge is 0.480 e. The van der Waals surface area contributed by atoms with E-state index in [4.69, 9.17) is 9.47 Å². The van der Waals surface area contributed by atoms with Crippen LogP contribution in [0, 0.1) is 0 Å². The van der Waals surface area contributed by atoms with Crippen molar-refractivity contribution in [2.45, 2.75) is 25.0 Å². The Morgan fingerprint density at radius 3 is 2.68 bits per heavy atom. The molecule has 0 aliphatic carbocycles. The maximum atomic E-state index is 12.1. The van der Waals surface area contributed by atoms with Gasteiger partial charge in [-0.1, -0.05) is 30.3 Å². The van der Waals surface area contributed by atoms with E-state index in [1.165, 1.54) is 12.0 Å². The van der Waals surface area contributed by atoms with E-state index >= 15 is 0 Å². The first-order valence-electron chi connectivity index (χ1n) is 7.28. The Bertz CT molecular complexity index is 505. The van der Waals surface area contributed by atoms with Gasteiger partial charge in [0.05, 0.1) is 12.7 Å². The molecule has 1 amide bonds. The van der Waals surface area contributed by atoms with Gasteiger partial charge < -0.3 is 19.5 Å². The van der Waals surface area contributed by atoms with Crippen LogP contribution < -0.4 is 0 Å². The van der Waals surface area contributed by atoms with Crippen molar-refractivity contribution in [3.05, 3.63) is 35.9 Å². The Labute approximate surface area is 129 Å². The average molecular weight is 307 g/mol. The number of methoxy groups -OCH3 is 1. The number of nitrogens with zero attached hydrogens (tertiary/aromatic N) is 1. The van der Waals surface area contributed by atoms with E-state index in [1.54, 1.807) is 0 Å². The van der Waals surface area contributed by atoms with E-state index in [-0.39, 0.29) is 18.6 Å². The summed E-state index contributed by atoms with van der Waals surface area (Å²) in [6.45, 7) is 0.621. The van der Waals surface area contributed by atoms with Crippen molar-refractivity contribution in [1.82, 2.24) is 4.90 Å². The Morgan fingerprint density at radius 1 is 1.32 bits per heavy atom. The normalized spacial score (nSPS) is 21.0. The molecule has 1 saturated heterocycles. The lowest BCUT2D eigenvalue weighted by Crippen LogP contribution is -2.42. The summed E-state index contributed by atoms with van der Waals surface area (Å²) in [4.78, 5) is 24.7. The van der Waals surface area contributed by atoms with Crippen LogP contribution in [-0.2, 0) is 25.5 Å². The maximum absolute atomic E-state index is 12.1. The molecule has 1 aliphatic rings. The SMILES string of the molecule is COC1CC(C(=O)O)N(C(=O)COCCc2ccccc2)C1. The number of carboxylic acid groups (broad SMARTS) is 1. The summed E-state index contributed by atoms with van der Waals surface area (Å²) in [5.41, 5.74) is 1.14. The summed E-state index contributed by atoms with van der Waals surface area (Å²) in [5, 5.41) is 9.18. The topological polar surface area (TPSA) is 76.1 Å². The van der Waals surface area contributed by atoms with Crippen molar-refractivity contribution in [2.24, 2.45) is 0 Å². The number of hydrogen-bond donors (Lipinski definition) is 1. The minimum absolute atomic E-state index is 0.104. The maximum Gasteiger partial charge on any atom is 0.326 e. The molecule has 0 radical (unpaired) electrons. The third-order valence-corrected chi connectivity index (χ3v) is 3.80. The average Bonchev–Trinajstić information content (AvgIpc) is 2.97. The van der Waals surface area contributed by atoms with Gasteiger partial charge in [0, 0.05) is 20.1 Å². The highest BCUT2D eigenvalue weighted by Crippen LogP contribution is 2.20. The number of benzene rings is 1. The summed E-state index contributed by atoms with van der Waals surface area (Å²) < 4.78 is 10.5. The highest BCUT2D eigenvalue weighted by atomic mass is 16.5. The van der Waals surface area contributed by atoms with Crippen LogP contribution in [0.15, 0.2) is 30.3 Å². The van der Waals surface area contributed by atoms with E-state index in [0.717, 1.165) is 12.0 Å². The quantitative estimate of drug-likeness (QED) is 0.759. The molecule has 1 N–H and O–H groups in total. The Balaban J connectivity index is 1.77. The summed E-state index contributed by atoms with van der Waals surface area (Å²) in [6.07, 6.45) is 0.813. The minimum Gasteiger partial charge on any atom is -0.480 e. The van der Waals surface area contributed by atoms with Gasteiger partial charge in [0.1, 0.15) is 12.6 Å². The molecule has 2 unspecified atom stereocenters. The molecule has 0 spiro atoms. The zero-order valence-electron chi connectivity index (χ0n) is 12.6. The number of rotatable bonds is 7. The Hall–Kier alpha value is -1.92. The number of hydrogen-bond acceptors (Lipinski definition) is 4. The number of carbonyl (C=O) groups is 2. The fourth-order valence-electron chi connectivity index (χ4n) is 2.56. The molecule has 1 fully saturated rings. The van der Waals surface area contributed by atoms with Gasteiger partial charge in [0.2, 0.25) is 5.91 Å². The molecule has 1 aromatic rings. The Morgan fingerprint density at radius 2 is 2.05 bits per heavy atom. The van der Waals surface area contributed by atoms with E-state index < -0.39 is 12.0 Å². The lowest BCUT2D eigenvalue weighted by Gasteiger charge is -2.21. The molecule has 1 aliphatic heterocycles. The summed E-state index contributed by atoms with van der Waals surface area (Å²) >= 11 is 0. The number of aliphatic carboxylic acids is 1. The lowest BCUT2D eigenvalue weighted by molar-refractivity contribution is -0.150. The molecule has 0 aromatic heterocycles. The first kappa shape index (κ1) is 16.5. The number of likely N-dealkylation sites (tertiary alicyclic amines) is 1. The lowest BCUT2D eigenvalue weighted by atomic mass is 10.2. The fourth-order valence-corrected chi connectivity index (χ4v) is 2.56. The zero-order chi connectivity index (χ0) is 15.9. The van der Waals surface area contributed by atoms with E-state index in [0.29, 0.717) is 19.6 Å². The highest BCUT2D eigenvalue weighted by Gasteiger charge is 2.39. The monoisotopic (exact) mass is 307 g/mol. The van der Waals surface area contributed by atoms with E-state index in [2.05, 4.69) is 0 Å². The van der Waals surface area contributed by atoms with Crippen LogP contribution in [0.4, 0.5) is 0 Å². The fraction of sp³-hybridized carbons (Fsp3) is 0.500. The van der Waals surface area contributed by atoms with Gasteiger partial charge in [-0.3, -0.25) is 4.79 Å². The second-order valence-electron chi connectivity index (χ2n) is 5.28. The van der Waals surface area contributed by atoms with Crippen LogP contribution in [0.25, 0.3) is 0 Å². The predicted molar refractivity (Wildman–Crippen MR) is 79.5 cm³/mol. The zero-order valence-corrected chi connectivity index (χ0v) is 12.6. The molecule has 2 rings (SSSR count). The molecular formula is C16H21NO5. The van der Waals surface area contributed by atoms with Crippen molar-refractivity contribution in [2.75, 3.05) is 26.9 Å². The van der Waals surface area contributed by atoms with Crippen molar-refractivity contribution in [3.63, 3.8) is 0 Å². The molecular weight excluding hydrogens is 286 g/mol. The van der Waals surface area contributed by atoms with Gasteiger partial charge in [-0.15, -0.1) is 0 Å². The molecule has 22 heavy (non-hydrogen) atoms. The highest BCUT2D eigenvalue weighted by molar-refractivity contribution is 5.85. The van der Waals surface area contributed by atoms with Crippen LogP contribution in [0.2, 0.25) is 0 Å². The molecule has 0 saturated carbocycles. The van der Waals surface area contributed by atoms with Crippen molar-refractivity contribution >= 4 is 11.9 Å². The minimum atomic E-state index is -1.00. The first-order chi connectivity index (χ1) is 10.6. The molecule has 1 aromatic carbocycles. The number of carbonyl (C=O) groups excluding carboxylic acids is 1. The number of ether oxygens (including phenoxy) is 2. The van der Waals surface area contributed by atoms with Gasteiger partial charge in [0.25, 0.3) is 0 Å². The van der Waals surface area contributed by atoms with Crippen LogP contribution in [-0.4, -0.2) is 60.9 Å². The summed E-state index contributed by atoms with van der Waals surface area (Å²) in [5.74, 6) is -1.31. The van der Waals surface area contributed by atoms with Crippen molar-refractivity contribution < 1.29 is 24.2 Å². The standard InChI is InChI=1S/C16H21NO5/c1-21-13-9-14(16(19)20)17(10-13)15(18)11-22-8-7-12-5-3-2-4-6-12/h2-6,13-14H,7-11H2,1H3,(H,19,20). The van der Waals surface area contributed by atoms with Gasteiger partial charge in [-0.2, -0.15) is 0 Å². The van der Waals surface area contributed by atoms with Gasteiger partial charge in [-0.25, -0.2) is 4.79 Å². The third kappa shape index (κ3) is 4.29. The van der Waals surface area contributed by atoms with Gasteiger partial charge in [-0.05, 0) is 12.0 Å². The third-order valence-electron chi connectivity index (χ3n) is 3.80. The van der Waals surface area contributed by atoms with Crippen LogP contribution >= 0.6 is 0 Å². The van der Waals surface area contributed by atoms with Crippen LogP contribution in [0.5, 0.6) is 0 Å². The van der Waals surface area contributed by atoms with Gasteiger partial charge in [0.15, 0.2) is 0 Å². The Kier molecular flexibility index (Phi) is 5.91. The summed E-state index contributed by atoms with van der Waals surface area (Å²) in [7, 11) is 1.52. The smallest absolute Gasteiger partial charge is 0.326 e. The molecule has 6 heteroatoms. The molecule has 120 valence electrons. The second-order valence-corrected chi connectivity index (χ2v) is 5.28. The molecule has 2 atom stereocenters. The van der Waals surface area contributed by atoms with E-state index in [1.807, 2.05) is 30.3 Å². The number of carboxylic acids is 1. The molecule has 0 bridgehead atoms. The predicted octanol–water partition coefficient (Wildman–Crippen LogP) is 0.946. The summed E-state index contributed by atoms with van der Waals surface area (Å²) in [6, 6.07) is 9.01. The van der Waals surface area contributed by atoms with Gasteiger partial charge >= 0.3 is 5.97 Å². The molecule has 6 nitrogen and oxygen atoms in total. The van der Waals surface area contributed by atoms with Crippen LogP contribution in [0.1, 0.15) is 12.0 Å². The van der Waals surface area contributed by atoms with Crippen molar-refractivity contribution in [3.8, 4) is 0 Å². The van der Waals surface area contributed by atoms with Crippen molar-refractivity contribution in [1.29, 1.82) is 0 Å². The first-order valence-corrected chi connectivity index (χ1v) is 7.28. The second kappa shape index (κ2) is 7.91.